The summed E-state index contributed by atoms with van der Waals surface area (Å²) in [6, 6.07) is 5.87. The third-order valence-corrected chi connectivity index (χ3v) is 3.74. The Bertz CT molecular complexity index is 612. The number of thiophene rings is 1. The van der Waals surface area contributed by atoms with Gasteiger partial charge in [-0.05, 0) is 49.2 Å². The number of aliphatic carboxylic acids is 1. The number of furan rings is 1. The van der Waals surface area contributed by atoms with Crippen LogP contribution < -0.4 is 0 Å². The van der Waals surface area contributed by atoms with Gasteiger partial charge in [-0.1, -0.05) is 0 Å². The van der Waals surface area contributed by atoms with Crippen molar-refractivity contribution >= 4 is 23.4 Å². The lowest BCUT2D eigenvalue weighted by molar-refractivity contribution is -0.131. The number of hydrogen-bond donors (Lipinski definition) is 1. The van der Waals surface area contributed by atoms with Crippen LogP contribution in [0.2, 0.25) is 0 Å². The van der Waals surface area contributed by atoms with Crippen molar-refractivity contribution in [3.05, 3.63) is 51.6 Å². The summed E-state index contributed by atoms with van der Waals surface area (Å²) in [6.07, 6.45) is 2.81. The maximum Gasteiger partial charge on any atom is 0.328 e. The fraction of sp³-hybridized carbons (Fsp3) is 0.267. The van der Waals surface area contributed by atoms with Gasteiger partial charge in [0, 0.05) is 17.5 Å². The Kier molecular flexibility index (Phi) is 4.76. The zero-order valence-corrected chi connectivity index (χ0v) is 12.3. The van der Waals surface area contributed by atoms with Crippen LogP contribution in [0, 0.1) is 6.92 Å². The van der Waals surface area contributed by atoms with E-state index >= 15 is 0 Å². The van der Waals surface area contributed by atoms with Gasteiger partial charge < -0.3 is 9.52 Å². The number of carbonyl (C=O) groups is 1. The second-order valence-corrected chi connectivity index (χ2v) is 5.66. The van der Waals surface area contributed by atoms with Crippen molar-refractivity contribution in [2.45, 2.75) is 20.0 Å². The third kappa shape index (κ3) is 4.08. The Hall–Kier alpha value is -1.85. The van der Waals surface area contributed by atoms with Crippen LogP contribution in [0.4, 0.5) is 0 Å². The molecule has 106 valence electrons. The lowest BCUT2D eigenvalue weighted by Gasteiger charge is -2.14. The molecule has 2 rings (SSSR count). The molecule has 2 heterocycles. The van der Waals surface area contributed by atoms with E-state index in [1.54, 1.807) is 17.4 Å². The molecule has 0 bridgehead atoms. The van der Waals surface area contributed by atoms with E-state index in [1.807, 2.05) is 37.6 Å². The summed E-state index contributed by atoms with van der Waals surface area (Å²) in [6.45, 7) is 3.42. The first-order valence-corrected chi connectivity index (χ1v) is 7.14. The Morgan fingerprint density at radius 1 is 1.40 bits per heavy atom. The molecule has 0 fully saturated rings. The monoisotopic (exact) mass is 291 g/mol. The highest BCUT2D eigenvalue weighted by atomic mass is 32.1. The number of hydrogen-bond acceptors (Lipinski definition) is 4. The van der Waals surface area contributed by atoms with E-state index in [9.17, 15) is 4.79 Å². The van der Waals surface area contributed by atoms with E-state index < -0.39 is 5.97 Å². The summed E-state index contributed by atoms with van der Waals surface area (Å²) in [5.41, 5.74) is 0.958. The van der Waals surface area contributed by atoms with Crippen LogP contribution in [0.5, 0.6) is 0 Å². The molecule has 0 unspecified atom stereocenters. The van der Waals surface area contributed by atoms with Crippen molar-refractivity contribution in [2.24, 2.45) is 0 Å². The molecule has 2 aromatic rings. The molecule has 2 aromatic heterocycles. The molecule has 0 saturated carbocycles. The molecule has 0 aliphatic carbocycles. The zero-order chi connectivity index (χ0) is 14.5. The minimum absolute atomic E-state index is 0.730. The fourth-order valence-corrected chi connectivity index (χ4v) is 2.87. The zero-order valence-electron chi connectivity index (χ0n) is 11.5. The van der Waals surface area contributed by atoms with Crippen molar-refractivity contribution in [2.75, 3.05) is 7.05 Å². The lowest BCUT2D eigenvalue weighted by Crippen LogP contribution is -2.16. The number of carboxylic acid groups (broad SMARTS) is 1. The molecule has 20 heavy (non-hydrogen) atoms. The van der Waals surface area contributed by atoms with E-state index in [0.717, 1.165) is 35.1 Å². The Morgan fingerprint density at radius 2 is 2.20 bits per heavy atom. The quantitative estimate of drug-likeness (QED) is 0.829. The first kappa shape index (κ1) is 14.6. The van der Waals surface area contributed by atoms with Gasteiger partial charge in [-0.25, -0.2) is 4.79 Å². The smallest absolute Gasteiger partial charge is 0.328 e. The van der Waals surface area contributed by atoms with E-state index in [1.165, 1.54) is 6.08 Å². The fourth-order valence-electron chi connectivity index (χ4n) is 1.93. The predicted octanol–water partition coefficient (Wildman–Crippen LogP) is 3.38. The Morgan fingerprint density at radius 3 is 2.85 bits per heavy atom. The number of carboxylic acids is 1. The maximum absolute atomic E-state index is 10.6. The maximum atomic E-state index is 10.6. The Balaban J connectivity index is 1.99. The SMILES string of the molecule is Cc1ccc(CN(C)Cc2sccc2C=CC(=O)O)o1. The predicted molar refractivity (Wildman–Crippen MR) is 79.6 cm³/mol. The lowest BCUT2D eigenvalue weighted by atomic mass is 10.2. The molecule has 1 N–H and O–H groups in total. The summed E-state index contributed by atoms with van der Waals surface area (Å²) >= 11 is 1.63. The molecule has 0 aliphatic heterocycles. The highest BCUT2D eigenvalue weighted by Gasteiger charge is 2.08. The highest BCUT2D eigenvalue weighted by Crippen LogP contribution is 2.21. The van der Waals surface area contributed by atoms with Gasteiger partial charge in [0.1, 0.15) is 11.5 Å². The van der Waals surface area contributed by atoms with Gasteiger partial charge in [-0.15, -0.1) is 11.3 Å². The number of rotatable bonds is 6. The van der Waals surface area contributed by atoms with Crippen LogP contribution in [-0.2, 0) is 17.9 Å². The average Bonchev–Trinajstić information content (AvgIpc) is 2.96. The minimum atomic E-state index is -0.929. The van der Waals surface area contributed by atoms with Gasteiger partial charge in [-0.3, -0.25) is 4.90 Å². The molecular weight excluding hydrogens is 274 g/mol. The molecule has 5 heteroatoms. The van der Waals surface area contributed by atoms with Crippen molar-refractivity contribution in [1.82, 2.24) is 4.90 Å². The van der Waals surface area contributed by atoms with E-state index in [4.69, 9.17) is 9.52 Å². The van der Waals surface area contributed by atoms with Gasteiger partial charge in [0.2, 0.25) is 0 Å². The van der Waals surface area contributed by atoms with Crippen molar-refractivity contribution in [3.8, 4) is 0 Å². The van der Waals surface area contributed by atoms with Gasteiger partial charge in [0.15, 0.2) is 0 Å². The van der Waals surface area contributed by atoms with Crippen LogP contribution >= 0.6 is 11.3 Å². The summed E-state index contributed by atoms with van der Waals surface area (Å²) in [5, 5.41) is 10.6. The van der Waals surface area contributed by atoms with Gasteiger partial charge in [0.05, 0.1) is 6.54 Å². The van der Waals surface area contributed by atoms with Crippen LogP contribution in [0.1, 0.15) is 22.0 Å². The molecule has 0 radical (unpaired) electrons. The average molecular weight is 291 g/mol. The largest absolute Gasteiger partial charge is 0.478 e. The second-order valence-electron chi connectivity index (χ2n) is 4.66. The van der Waals surface area contributed by atoms with Crippen molar-refractivity contribution in [1.29, 1.82) is 0 Å². The first-order valence-electron chi connectivity index (χ1n) is 6.26. The van der Waals surface area contributed by atoms with Crippen LogP contribution in [0.15, 0.2) is 34.1 Å². The van der Waals surface area contributed by atoms with Crippen molar-refractivity contribution in [3.63, 3.8) is 0 Å². The molecule has 4 nitrogen and oxygen atoms in total. The molecule has 0 aliphatic rings. The summed E-state index contributed by atoms with van der Waals surface area (Å²) in [7, 11) is 2.02. The number of nitrogens with zero attached hydrogens (tertiary/aromatic N) is 1. The van der Waals surface area contributed by atoms with Crippen LogP contribution in [-0.4, -0.2) is 23.0 Å². The van der Waals surface area contributed by atoms with E-state index in [0.29, 0.717) is 0 Å². The highest BCUT2D eigenvalue weighted by molar-refractivity contribution is 7.10. The number of aryl methyl sites for hydroxylation is 1. The molecule has 0 aromatic carbocycles. The van der Waals surface area contributed by atoms with E-state index in [-0.39, 0.29) is 0 Å². The molecule has 0 saturated heterocycles. The van der Waals surface area contributed by atoms with Gasteiger partial charge >= 0.3 is 5.97 Å². The normalized spacial score (nSPS) is 11.6. The second kappa shape index (κ2) is 6.54. The van der Waals surface area contributed by atoms with Crippen LogP contribution in [0.3, 0.4) is 0 Å². The summed E-state index contributed by atoms with van der Waals surface area (Å²) < 4.78 is 5.55. The van der Waals surface area contributed by atoms with Crippen LogP contribution in [0.25, 0.3) is 6.08 Å². The minimum Gasteiger partial charge on any atom is -0.478 e. The molecule has 0 spiro atoms. The molecule has 0 amide bonds. The first-order chi connectivity index (χ1) is 9.54. The summed E-state index contributed by atoms with van der Waals surface area (Å²) in [5.74, 6) is 0.917. The Labute approximate surface area is 122 Å². The van der Waals surface area contributed by atoms with Crippen molar-refractivity contribution < 1.29 is 14.3 Å². The molecule has 0 atom stereocenters. The topological polar surface area (TPSA) is 53.7 Å². The van der Waals surface area contributed by atoms with Gasteiger partial charge in [0.25, 0.3) is 0 Å². The third-order valence-electron chi connectivity index (χ3n) is 2.82. The van der Waals surface area contributed by atoms with Gasteiger partial charge in [-0.2, -0.15) is 0 Å². The summed E-state index contributed by atoms with van der Waals surface area (Å²) in [4.78, 5) is 13.9. The molecular formula is C15H17NO3S. The standard InChI is InChI=1S/C15H17NO3S/c1-11-3-5-13(19-11)9-16(2)10-14-12(7-8-20-14)4-6-15(17)18/h3-8H,9-10H2,1-2H3,(H,17,18). The van der Waals surface area contributed by atoms with E-state index in [2.05, 4.69) is 4.90 Å².